The Morgan fingerprint density at radius 3 is 2.95 bits per heavy atom. The van der Waals surface area contributed by atoms with Crippen molar-refractivity contribution < 1.29 is 24.2 Å². The predicted octanol–water partition coefficient (Wildman–Crippen LogP) is -0.157. The summed E-state index contributed by atoms with van der Waals surface area (Å²) in [5, 5.41) is 15.4. The molecule has 3 rings (SSSR count). The van der Waals surface area contributed by atoms with Crippen LogP contribution in [-0.2, 0) is 9.59 Å². The van der Waals surface area contributed by atoms with E-state index in [1.54, 1.807) is 18.2 Å². The average molecular weight is 292 g/mol. The van der Waals surface area contributed by atoms with Crippen LogP contribution in [0.15, 0.2) is 18.2 Å². The maximum absolute atomic E-state index is 11.6. The number of carbonyl (C=O) groups excluding carboxylic acids is 2. The quantitative estimate of drug-likeness (QED) is 0.667. The van der Waals surface area contributed by atoms with E-state index in [9.17, 15) is 14.7 Å². The Kier molecular flexibility index (Phi) is 3.76. The number of carbonyl (C=O) groups is 2. The zero-order chi connectivity index (χ0) is 14.8. The number of hydrogen-bond acceptors (Lipinski definition) is 6. The number of amides is 2. The van der Waals surface area contributed by atoms with Gasteiger partial charge in [0, 0.05) is 13.0 Å². The van der Waals surface area contributed by atoms with E-state index in [1.165, 1.54) is 0 Å². The largest absolute Gasteiger partial charge is 0.454 e. The second-order valence-electron chi connectivity index (χ2n) is 5.04. The first-order valence-corrected chi connectivity index (χ1v) is 6.78. The number of rotatable bonds is 4. The summed E-state index contributed by atoms with van der Waals surface area (Å²) in [6.07, 6.45) is -0.0212. The lowest BCUT2D eigenvalue weighted by Gasteiger charge is -2.23. The molecule has 0 aliphatic carbocycles. The maximum atomic E-state index is 11.6. The summed E-state index contributed by atoms with van der Waals surface area (Å²) in [4.78, 5) is 22.6. The maximum Gasteiger partial charge on any atom is 0.243 e. The highest BCUT2D eigenvalue weighted by Gasteiger charge is 2.26. The van der Waals surface area contributed by atoms with Crippen LogP contribution in [0.3, 0.4) is 0 Å². The van der Waals surface area contributed by atoms with Crippen LogP contribution in [0.25, 0.3) is 0 Å². The number of aliphatic hydroxyl groups excluding tert-OH is 1. The van der Waals surface area contributed by atoms with E-state index in [4.69, 9.17) is 9.47 Å². The van der Waals surface area contributed by atoms with Gasteiger partial charge in [0.1, 0.15) is 0 Å². The summed E-state index contributed by atoms with van der Waals surface area (Å²) in [5.74, 6) is 0.662. The molecule has 2 aliphatic heterocycles. The molecule has 2 amide bonds. The van der Waals surface area contributed by atoms with Gasteiger partial charge in [-0.3, -0.25) is 14.9 Å². The fraction of sp³-hybridized carbons (Fsp3) is 0.429. The molecule has 0 radical (unpaired) electrons. The van der Waals surface area contributed by atoms with Crippen molar-refractivity contribution in [3.05, 3.63) is 23.8 Å². The van der Waals surface area contributed by atoms with Crippen LogP contribution in [-0.4, -0.2) is 36.3 Å². The Morgan fingerprint density at radius 2 is 2.14 bits per heavy atom. The number of hydrogen-bond donors (Lipinski definition) is 3. The third-order valence-corrected chi connectivity index (χ3v) is 3.58. The lowest BCUT2D eigenvalue weighted by Crippen LogP contribution is -2.51. The summed E-state index contributed by atoms with van der Waals surface area (Å²) in [5.41, 5.74) is 0.680. The number of nitrogens with one attached hydrogen (secondary N) is 2. The van der Waals surface area contributed by atoms with Gasteiger partial charge in [0.15, 0.2) is 11.5 Å². The molecule has 2 unspecified atom stereocenters. The molecule has 21 heavy (non-hydrogen) atoms. The highest BCUT2D eigenvalue weighted by molar-refractivity contribution is 6.00. The summed E-state index contributed by atoms with van der Waals surface area (Å²) in [7, 11) is 0. The molecule has 1 aromatic rings. The van der Waals surface area contributed by atoms with E-state index in [2.05, 4.69) is 10.6 Å². The summed E-state index contributed by atoms with van der Waals surface area (Å²) >= 11 is 0. The van der Waals surface area contributed by atoms with Crippen LogP contribution in [0, 0.1) is 0 Å². The molecule has 1 aromatic carbocycles. The number of piperidine rings is 1. The molecule has 3 N–H and O–H groups in total. The van der Waals surface area contributed by atoms with E-state index in [0.29, 0.717) is 29.9 Å². The molecule has 1 fully saturated rings. The first-order chi connectivity index (χ1) is 10.1. The van der Waals surface area contributed by atoms with E-state index in [1.807, 2.05) is 0 Å². The molecule has 0 aromatic heterocycles. The fourth-order valence-electron chi connectivity index (χ4n) is 2.38. The van der Waals surface area contributed by atoms with E-state index >= 15 is 0 Å². The lowest BCUT2D eigenvalue weighted by atomic mass is 10.0. The average Bonchev–Trinajstić information content (AvgIpc) is 2.93. The molecule has 1 saturated heterocycles. The third kappa shape index (κ3) is 2.98. The zero-order valence-corrected chi connectivity index (χ0v) is 11.3. The molecule has 112 valence electrons. The van der Waals surface area contributed by atoms with E-state index in [0.717, 1.165) is 0 Å². The van der Waals surface area contributed by atoms with Crippen molar-refractivity contribution in [1.29, 1.82) is 0 Å². The van der Waals surface area contributed by atoms with Crippen LogP contribution in [0.4, 0.5) is 0 Å². The first kappa shape index (κ1) is 13.8. The molecule has 0 bridgehead atoms. The van der Waals surface area contributed by atoms with Crippen molar-refractivity contribution in [3.8, 4) is 11.5 Å². The molecular weight excluding hydrogens is 276 g/mol. The number of fused-ring (bicyclic) bond motifs is 1. The normalized spacial score (nSPS) is 22.0. The molecule has 0 saturated carbocycles. The topological polar surface area (TPSA) is 96.9 Å². The van der Waals surface area contributed by atoms with Crippen molar-refractivity contribution >= 4 is 11.8 Å². The molecule has 2 atom stereocenters. The van der Waals surface area contributed by atoms with Gasteiger partial charge in [-0.2, -0.15) is 0 Å². The zero-order valence-electron chi connectivity index (χ0n) is 11.3. The Morgan fingerprint density at radius 1 is 1.33 bits per heavy atom. The molecule has 2 aliphatic rings. The predicted molar refractivity (Wildman–Crippen MR) is 71.7 cm³/mol. The van der Waals surface area contributed by atoms with Crippen molar-refractivity contribution in [1.82, 2.24) is 10.6 Å². The standard InChI is InChI=1S/C14H16N2O5/c17-10(6-15-9-2-4-13(18)16-14(9)19)8-1-3-11-12(5-8)21-7-20-11/h1,3,5,9-10,15,17H,2,4,6-7H2,(H,16,18,19). The van der Waals surface area contributed by atoms with Crippen LogP contribution >= 0.6 is 0 Å². The monoisotopic (exact) mass is 292 g/mol. The van der Waals surface area contributed by atoms with Gasteiger partial charge < -0.3 is 19.9 Å². The first-order valence-electron chi connectivity index (χ1n) is 6.78. The van der Waals surface area contributed by atoms with Gasteiger partial charge in [-0.15, -0.1) is 0 Å². The SMILES string of the molecule is O=C1CCC(NCC(O)c2ccc3c(c2)OCO3)C(=O)N1. The van der Waals surface area contributed by atoms with Gasteiger partial charge in [-0.25, -0.2) is 0 Å². The third-order valence-electron chi connectivity index (χ3n) is 3.58. The van der Waals surface area contributed by atoms with E-state index < -0.39 is 12.1 Å². The second kappa shape index (κ2) is 5.71. The smallest absolute Gasteiger partial charge is 0.243 e. The Balaban J connectivity index is 1.58. The molecule has 7 heteroatoms. The summed E-state index contributed by atoms with van der Waals surface area (Å²) in [6, 6.07) is 4.77. The minimum Gasteiger partial charge on any atom is -0.454 e. The van der Waals surface area contributed by atoms with Crippen molar-refractivity contribution in [2.75, 3.05) is 13.3 Å². The van der Waals surface area contributed by atoms with E-state index in [-0.39, 0.29) is 25.2 Å². The van der Waals surface area contributed by atoms with Crippen LogP contribution in [0.1, 0.15) is 24.5 Å². The van der Waals surface area contributed by atoms with Crippen molar-refractivity contribution in [3.63, 3.8) is 0 Å². The Hall–Kier alpha value is -2.12. The molecule has 0 spiro atoms. The van der Waals surface area contributed by atoms with Gasteiger partial charge in [0.05, 0.1) is 12.1 Å². The van der Waals surface area contributed by atoms with Gasteiger partial charge in [-0.05, 0) is 24.1 Å². The summed E-state index contributed by atoms with van der Waals surface area (Å²) in [6.45, 7) is 0.398. The Labute approximate surface area is 121 Å². The van der Waals surface area contributed by atoms with Crippen LogP contribution in [0.5, 0.6) is 11.5 Å². The van der Waals surface area contributed by atoms with Gasteiger partial charge in [-0.1, -0.05) is 6.07 Å². The fourth-order valence-corrected chi connectivity index (χ4v) is 2.38. The molecule has 7 nitrogen and oxygen atoms in total. The highest BCUT2D eigenvalue weighted by atomic mass is 16.7. The molecular formula is C14H16N2O5. The lowest BCUT2D eigenvalue weighted by molar-refractivity contribution is -0.134. The van der Waals surface area contributed by atoms with Gasteiger partial charge >= 0.3 is 0 Å². The van der Waals surface area contributed by atoms with Crippen LogP contribution in [0.2, 0.25) is 0 Å². The number of imide groups is 1. The summed E-state index contributed by atoms with van der Waals surface area (Å²) < 4.78 is 10.5. The van der Waals surface area contributed by atoms with Crippen molar-refractivity contribution in [2.45, 2.75) is 25.0 Å². The van der Waals surface area contributed by atoms with Gasteiger partial charge in [0.2, 0.25) is 18.6 Å². The highest BCUT2D eigenvalue weighted by Crippen LogP contribution is 2.34. The number of aliphatic hydroxyl groups is 1. The Bertz CT molecular complexity index is 574. The second-order valence-corrected chi connectivity index (χ2v) is 5.04. The van der Waals surface area contributed by atoms with Crippen LogP contribution < -0.4 is 20.1 Å². The van der Waals surface area contributed by atoms with Gasteiger partial charge in [0.25, 0.3) is 0 Å². The number of ether oxygens (including phenoxy) is 2. The molecule has 2 heterocycles. The minimum absolute atomic E-state index is 0.184. The number of benzene rings is 1. The van der Waals surface area contributed by atoms with Crippen molar-refractivity contribution in [2.24, 2.45) is 0 Å². The minimum atomic E-state index is -0.773.